The Hall–Kier alpha value is 0.110. The van der Waals surface area contributed by atoms with Gasteiger partial charge in [0.25, 0.3) is 0 Å². The van der Waals surface area contributed by atoms with Gasteiger partial charge in [-0.3, -0.25) is 4.57 Å². The van der Waals surface area contributed by atoms with Crippen LogP contribution in [-0.2, 0) is 9.09 Å². The number of hydrogen-bond acceptors (Lipinski definition) is 4. The van der Waals surface area contributed by atoms with Crippen molar-refractivity contribution in [1.29, 1.82) is 0 Å². The smallest absolute Gasteiger partial charge is 0.180 e. The van der Waals surface area contributed by atoms with E-state index in [-0.39, 0.29) is 13.2 Å². The maximum atomic E-state index is 9.62. The number of aliphatic hydroxyl groups excluding tert-OH is 2. The standard InChI is InChI=1S/C3H9O4P/c4-1-3(5)2-7-8-6/h3-5H,1-2,8H2. The van der Waals surface area contributed by atoms with Gasteiger partial charge in [0, 0.05) is 0 Å². The second kappa shape index (κ2) is 5.25. The van der Waals surface area contributed by atoms with Gasteiger partial charge in [0.05, 0.1) is 13.2 Å². The van der Waals surface area contributed by atoms with Gasteiger partial charge < -0.3 is 14.7 Å². The molecule has 0 aromatic heterocycles. The van der Waals surface area contributed by atoms with Gasteiger partial charge in [-0.1, -0.05) is 0 Å². The van der Waals surface area contributed by atoms with Crippen molar-refractivity contribution in [2.24, 2.45) is 0 Å². The first-order valence-electron chi connectivity index (χ1n) is 2.15. The van der Waals surface area contributed by atoms with E-state index in [0.29, 0.717) is 0 Å². The minimum absolute atomic E-state index is 0.0463. The van der Waals surface area contributed by atoms with Gasteiger partial charge in [-0.2, -0.15) is 0 Å². The van der Waals surface area contributed by atoms with Crippen LogP contribution in [0.1, 0.15) is 0 Å². The van der Waals surface area contributed by atoms with Crippen LogP contribution in [0.15, 0.2) is 0 Å². The predicted octanol–water partition coefficient (Wildman–Crippen LogP) is -0.973. The first-order valence-corrected chi connectivity index (χ1v) is 3.09. The number of hydrogen-bond donors (Lipinski definition) is 2. The zero-order valence-corrected chi connectivity index (χ0v) is 5.43. The zero-order valence-electron chi connectivity index (χ0n) is 4.28. The highest BCUT2D eigenvalue weighted by Gasteiger charge is 1.98. The van der Waals surface area contributed by atoms with Gasteiger partial charge in [0.1, 0.15) is 6.10 Å². The van der Waals surface area contributed by atoms with Crippen LogP contribution >= 0.6 is 8.69 Å². The third-order valence-electron chi connectivity index (χ3n) is 0.567. The Morgan fingerprint density at radius 3 is 2.75 bits per heavy atom. The fourth-order valence-electron chi connectivity index (χ4n) is 0.203. The Kier molecular flexibility index (Phi) is 5.32. The first kappa shape index (κ1) is 8.11. The van der Waals surface area contributed by atoms with Crippen molar-refractivity contribution in [1.82, 2.24) is 0 Å². The fraction of sp³-hybridized carbons (Fsp3) is 1.00. The molecule has 0 radical (unpaired) electrons. The topological polar surface area (TPSA) is 66.8 Å². The third-order valence-corrected chi connectivity index (χ3v) is 0.896. The molecule has 0 saturated heterocycles. The van der Waals surface area contributed by atoms with Crippen molar-refractivity contribution in [2.75, 3.05) is 13.2 Å². The van der Waals surface area contributed by atoms with Crippen molar-refractivity contribution in [3.63, 3.8) is 0 Å². The number of aliphatic hydroxyl groups is 2. The molecule has 4 nitrogen and oxygen atoms in total. The van der Waals surface area contributed by atoms with Crippen LogP contribution in [0.5, 0.6) is 0 Å². The second-order valence-electron chi connectivity index (χ2n) is 1.27. The van der Waals surface area contributed by atoms with E-state index in [2.05, 4.69) is 4.52 Å². The molecule has 2 N–H and O–H groups in total. The lowest BCUT2D eigenvalue weighted by molar-refractivity contribution is 0.0577. The average molecular weight is 140 g/mol. The summed E-state index contributed by atoms with van der Waals surface area (Å²) < 4.78 is 13.9. The molecule has 0 aliphatic rings. The summed E-state index contributed by atoms with van der Waals surface area (Å²) in [6.07, 6.45) is -0.892. The zero-order chi connectivity index (χ0) is 6.41. The molecule has 0 heterocycles. The summed E-state index contributed by atoms with van der Waals surface area (Å²) in [4.78, 5) is 0. The molecule has 0 spiro atoms. The lowest BCUT2D eigenvalue weighted by atomic mass is 10.4. The molecule has 0 aromatic rings. The van der Waals surface area contributed by atoms with Crippen LogP contribution in [0.25, 0.3) is 0 Å². The van der Waals surface area contributed by atoms with Crippen LogP contribution < -0.4 is 0 Å². The summed E-state index contributed by atoms with van der Waals surface area (Å²) >= 11 is 0. The van der Waals surface area contributed by atoms with Crippen molar-refractivity contribution in [2.45, 2.75) is 6.10 Å². The highest BCUT2D eigenvalue weighted by Crippen LogP contribution is 1.94. The molecule has 0 fully saturated rings. The van der Waals surface area contributed by atoms with Gasteiger partial charge in [-0.25, -0.2) is 0 Å². The molecular formula is C3H9O4P. The minimum Gasteiger partial charge on any atom is -0.394 e. The Morgan fingerprint density at radius 1 is 1.75 bits per heavy atom. The third kappa shape index (κ3) is 4.27. The van der Waals surface area contributed by atoms with Gasteiger partial charge >= 0.3 is 0 Å². The average Bonchev–Trinajstić information content (AvgIpc) is 1.83. The first-order chi connectivity index (χ1) is 3.81. The Labute approximate surface area is 48.4 Å². The summed E-state index contributed by atoms with van der Waals surface area (Å²) in [5, 5.41) is 16.6. The molecule has 8 heavy (non-hydrogen) atoms. The summed E-state index contributed by atoms with van der Waals surface area (Å²) in [5.74, 6) is 0. The van der Waals surface area contributed by atoms with Crippen LogP contribution in [0.4, 0.5) is 0 Å². The molecule has 0 amide bonds. The quantitative estimate of drug-likeness (QED) is 0.493. The van der Waals surface area contributed by atoms with E-state index in [1.807, 2.05) is 0 Å². The van der Waals surface area contributed by atoms with Crippen molar-refractivity contribution in [3.8, 4) is 0 Å². The molecular weight excluding hydrogens is 131 g/mol. The van der Waals surface area contributed by atoms with E-state index in [4.69, 9.17) is 10.2 Å². The number of rotatable bonds is 4. The molecule has 0 aliphatic carbocycles. The molecule has 0 saturated carbocycles. The SMILES string of the molecule is O=[PH2]OCC(O)CO. The highest BCUT2D eigenvalue weighted by molar-refractivity contribution is 7.17. The summed E-state index contributed by atoms with van der Waals surface area (Å²) in [6, 6.07) is 0. The maximum absolute atomic E-state index is 9.62. The largest absolute Gasteiger partial charge is 0.394 e. The molecule has 0 bridgehead atoms. The molecule has 50 valence electrons. The van der Waals surface area contributed by atoms with Crippen LogP contribution in [0, 0.1) is 0 Å². The van der Waals surface area contributed by atoms with E-state index in [1.54, 1.807) is 0 Å². The highest BCUT2D eigenvalue weighted by atomic mass is 31.1. The van der Waals surface area contributed by atoms with Crippen LogP contribution in [0.3, 0.4) is 0 Å². The van der Waals surface area contributed by atoms with Gasteiger partial charge in [-0.05, 0) is 0 Å². The van der Waals surface area contributed by atoms with Crippen LogP contribution in [0.2, 0.25) is 0 Å². The second-order valence-corrected chi connectivity index (χ2v) is 1.79. The van der Waals surface area contributed by atoms with E-state index in [0.717, 1.165) is 0 Å². The van der Waals surface area contributed by atoms with Crippen molar-refractivity contribution >= 4 is 8.69 Å². The van der Waals surface area contributed by atoms with Gasteiger partial charge in [0.15, 0.2) is 8.69 Å². The molecule has 0 aliphatic heterocycles. The summed E-state index contributed by atoms with van der Waals surface area (Å²) in [6.45, 7) is -0.394. The van der Waals surface area contributed by atoms with Gasteiger partial charge in [0.2, 0.25) is 0 Å². The molecule has 2 unspecified atom stereocenters. The summed E-state index contributed by atoms with van der Waals surface area (Å²) in [7, 11) is -1.26. The molecule has 0 rings (SSSR count). The van der Waals surface area contributed by atoms with Crippen molar-refractivity contribution < 1.29 is 19.3 Å². The van der Waals surface area contributed by atoms with Crippen molar-refractivity contribution in [3.05, 3.63) is 0 Å². The molecule has 2 atom stereocenters. The lowest BCUT2D eigenvalue weighted by Crippen LogP contribution is -2.16. The maximum Gasteiger partial charge on any atom is 0.180 e. The van der Waals surface area contributed by atoms with Gasteiger partial charge in [-0.15, -0.1) is 0 Å². The molecule has 5 heteroatoms. The minimum atomic E-state index is -1.26. The Bertz CT molecular complexity index is 66.3. The normalized spacial score (nSPS) is 15.2. The monoisotopic (exact) mass is 140 g/mol. The van der Waals surface area contributed by atoms with E-state index in [1.165, 1.54) is 0 Å². The Balaban J connectivity index is 2.97. The predicted molar refractivity (Wildman–Crippen MR) is 29.4 cm³/mol. The fourth-order valence-corrected chi connectivity index (χ4v) is 0.504. The lowest BCUT2D eigenvalue weighted by Gasteiger charge is -2.01. The summed E-state index contributed by atoms with van der Waals surface area (Å²) in [5.41, 5.74) is 0. The Morgan fingerprint density at radius 2 is 2.38 bits per heavy atom. The van der Waals surface area contributed by atoms with E-state index < -0.39 is 14.8 Å². The molecule has 0 aromatic carbocycles. The van der Waals surface area contributed by atoms with E-state index >= 15 is 0 Å². The van der Waals surface area contributed by atoms with Crippen LogP contribution in [-0.4, -0.2) is 29.5 Å². The van der Waals surface area contributed by atoms with E-state index in [9.17, 15) is 4.57 Å².